The molecule has 3 heterocycles. The molecule has 0 aromatic carbocycles. The molecular weight excluding hydrogens is 343 g/mol. The van der Waals surface area contributed by atoms with Gasteiger partial charge in [-0.3, -0.25) is 4.90 Å². The number of aryl methyl sites for hydroxylation is 1. The Bertz CT molecular complexity index is 848. The van der Waals surface area contributed by atoms with Gasteiger partial charge in [-0.15, -0.1) is 0 Å². The fourth-order valence-electron chi connectivity index (χ4n) is 3.11. The van der Waals surface area contributed by atoms with Gasteiger partial charge >= 0.3 is 0 Å². The lowest BCUT2D eigenvalue weighted by Crippen LogP contribution is -2.32. The van der Waals surface area contributed by atoms with Crippen LogP contribution in [-0.2, 0) is 19.5 Å². The Labute approximate surface area is 150 Å². The summed E-state index contributed by atoms with van der Waals surface area (Å²) in [5.41, 5.74) is 9.45. The molecule has 0 radical (unpaired) electrons. The van der Waals surface area contributed by atoms with Crippen LogP contribution in [-0.4, -0.2) is 28.1 Å². The van der Waals surface area contributed by atoms with Gasteiger partial charge in [0.2, 0.25) is 5.95 Å². The third kappa shape index (κ3) is 3.56. The quantitative estimate of drug-likeness (QED) is 0.642. The Kier molecular flexibility index (Phi) is 5.13. The lowest BCUT2D eigenvalue weighted by Gasteiger charge is -2.31. The van der Waals surface area contributed by atoms with Crippen LogP contribution in [0.5, 0.6) is 0 Å². The van der Waals surface area contributed by atoms with Gasteiger partial charge in [-0.05, 0) is 30.5 Å². The average Bonchev–Trinajstić information content (AvgIpc) is 2.58. The Balaban J connectivity index is 1.91. The van der Waals surface area contributed by atoms with Crippen molar-refractivity contribution in [1.82, 2.24) is 14.9 Å². The number of pyridine rings is 2. The highest BCUT2D eigenvalue weighted by atomic mass is 35.5. The van der Waals surface area contributed by atoms with E-state index in [0.29, 0.717) is 30.2 Å². The van der Waals surface area contributed by atoms with Gasteiger partial charge in [0.1, 0.15) is 17.0 Å². The van der Waals surface area contributed by atoms with E-state index in [2.05, 4.69) is 26.3 Å². The maximum Gasteiger partial charge on any atom is 0.213 e. The molecule has 130 valence electrons. The minimum atomic E-state index is -0.479. The number of fused-ring (bicyclic) bond motifs is 1. The molecule has 0 atom stereocenters. The van der Waals surface area contributed by atoms with E-state index in [1.165, 1.54) is 6.07 Å². The van der Waals surface area contributed by atoms with Crippen molar-refractivity contribution in [2.24, 2.45) is 5.73 Å². The van der Waals surface area contributed by atoms with Gasteiger partial charge in [-0.2, -0.15) is 9.65 Å². The number of rotatable bonds is 4. The van der Waals surface area contributed by atoms with Crippen molar-refractivity contribution in [3.63, 3.8) is 0 Å². The van der Waals surface area contributed by atoms with Gasteiger partial charge in [-0.25, -0.2) is 9.97 Å². The Hall–Kier alpha value is -2.27. The standard InChI is InChI=1S/C17H18ClFN6/c1-10-11(2-3-15(19)23-10)7-25-5-4-12-14(8-25)13(6-20)16(18)24-17(12)22-9-21/h2-3H,4-5,7-9,21H2,1H3,(H,22,24). The third-order valence-corrected chi connectivity index (χ3v) is 4.64. The summed E-state index contributed by atoms with van der Waals surface area (Å²) in [6.45, 7) is 4.02. The molecule has 8 heteroatoms. The third-order valence-electron chi connectivity index (χ3n) is 4.36. The molecule has 6 nitrogen and oxygen atoms in total. The molecule has 1 aliphatic rings. The number of nitriles is 1. The zero-order valence-electron chi connectivity index (χ0n) is 13.8. The lowest BCUT2D eigenvalue weighted by atomic mass is 9.96. The molecule has 2 aromatic rings. The minimum absolute atomic E-state index is 0.179. The van der Waals surface area contributed by atoms with E-state index in [9.17, 15) is 9.65 Å². The molecule has 0 aliphatic carbocycles. The molecule has 3 N–H and O–H groups in total. The molecule has 0 bridgehead atoms. The van der Waals surface area contributed by atoms with Gasteiger partial charge in [-0.1, -0.05) is 17.7 Å². The second kappa shape index (κ2) is 7.31. The average molecular weight is 361 g/mol. The van der Waals surface area contributed by atoms with E-state index in [1.807, 2.05) is 0 Å². The molecule has 0 amide bonds. The van der Waals surface area contributed by atoms with Gasteiger partial charge in [0, 0.05) is 30.9 Å². The first-order chi connectivity index (χ1) is 12.0. The highest BCUT2D eigenvalue weighted by Gasteiger charge is 2.25. The summed E-state index contributed by atoms with van der Waals surface area (Å²) in [6, 6.07) is 5.27. The minimum Gasteiger partial charge on any atom is -0.357 e. The van der Waals surface area contributed by atoms with Crippen molar-refractivity contribution in [3.05, 3.63) is 51.2 Å². The monoisotopic (exact) mass is 360 g/mol. The molecule has 25 heavy (non-hydrogen) atoms. The van der Waals surface area contributed by atoms with Crippen LogP contribution < -0.4 is 11.1 Å². The first-order valence-corrected chi connectivity index (χ1v) is 8.31. The predicted molar refractivity (Wildman–Crippen MR) is 93.4 cm³/mol. The fourth-order valence-corrected chi connectivity index (χ4v) is 3.36. The zero-order chi connectivity index (χ0) is 18.0. The molecule has 0 saturated carbocycles. The van der Waals surface area contributed by atoms with Crippen LogP contribution in [0.15, 0.2) is 12.1 Å². The van der Waals surface area contributed by atoms with Gasteiger partial charge in [0.05, 0.1) is 12.2 Å². The maximum atomic E-state index is 13.2. The zero-order valence-corrected chi connectivity index (χ0v) is 14.6. The van der Waals surface area contributed by atoms with E-state index in [0.717, 1.165) is 29.7 Å². The molecule has 0 fully saturated rings. The number of nitrogens with one attached hydrogen (secondary N) is 1. The summed E-state index contributed by atoms with van der Waals surface area (Å²) in [6.07, 6.45) is 0.726. The fraction of sp³-hybridized carbons (Fsp3) is 0.353. The highest BCUT2D eigenvalue weighted by Crippen LogP contribution is 2.32. The van der Waals surface area contributed by atoms with Crippen LogP contribution in [0, 0.1) is 24.2 Å². The molecule has 0 spiro atoms. The second-order valence-electron chi connectivity index (χ2n) is 5.92. The predicted octanol–water partition coefficient (Wildman–Crippen LogP) is 2.34. The van der Waals surface area contributed by atoms with E-state index < -0.39 is 5.95 Å². The van der Waals surface area contributed by atoms with E-state index in [4.69, 9.17) is 17.3 Å². The van der Waals surface area contributed by atoms with E-state index >= 15 is 0 Å². The largest absolute Gasteiger partial charge is 0.357 e. The number of nitrogens with two attached hydrogens (primary N) is 1. The van der Waals surface area contributed by atoms with Crippen molar-refractivity contribution in [1.29, 1.82) is 5.26 Å². The first-order valence-electron chi connectivity index (χ1n) is 7.93. The number of nitrogens with zero attached hydrogens (tertiary/aromatic N) is 4. The SMILES string of the molecule is Cc1nc(F)ccc1CN1CCc2c(NCN)nc(Cl)c(C#N)c2C1. The van der Waals surface area contributed by atoms with Crippen molar-refractivity contribution in [3.8, 4) is 6.07 Å². The number of aromatic nitrogens is 2. The summed E-state index contributed by atoms with van der Waals surface area (Å²) >= 11 is 6.17. The Morgan fingerprint density at radius 1 is 1.40 bits per heavy atom. The van der Waals surface area contributed by atoms with Gasteiger partial charge in [0.15, 0.2) is 0 Å². The second-order valence-corrected chi connectivity index (χ2v) is 6.27. The van der Waals surface area contributed by atoms with E-state index in [-0.39, 0.29) is 11.8 Å². The van der Waals surface area contributed by atoms with Crippen LogP contribution in [0.2, 0.25) is 5.15 Å². The summed E-state index contributed by atoms with van der Waals surface area (Å²) < 4.78 is 13.2. The van der Waals surface area contributed by atoms with Crippen molar-refractivity contribution in [2.45, 2.75) is 26.4 Å². The maximum absolute atomic E-state index is 13.2. The van der Waals surface area contributed by atoms with Gasteiger partial charge in [0.25, 0.3) is 0 Å². The molecular formula is C17H18ClFN6. The van der Waals surface area contributed by atoms with Crippen LogP contribution in [0.25, 0.3) is 0 Å². The van der Waals surface area contributed by atoms with Crippen molar-refractivity contribution in [2.75, 3.05) is 18.5 Å². The summed E-state index contributed by atoms with van der Waals surface area (Å²) in [5, 5.41) is 12.6. The Morgan fingerprint density at radius 3 is 2.88 bits per heavy atom. The number of halogens is 2. The van der Waals surface area contributed by atoms with Gasteiger partial charge < -0.3 is 11.1 Å². The Morgan fingerprint density at radius 2 is 2.20 bits per heavy atom. The van der Waals surface area contributed by atoms with Crippen LogP contribution in [0.4, 0.5) is 10.2 Å². The molecule has 1 aliphatic heterocycles. The molecule has 0 unspecified atom stereocenters. The van der Waals surface area contributed by atoms with Crippen LogP contribution >= 0.6 is 11.6 Å². The number of anilines is 1. The topological polar surface area (TPSA) is 90.9 Å². The van der Waals surface area contributed by atoms with Crippen molar-refractivity contribution < 1.29 is 4.39 Å². The van der Waals surface area contributed by atoms with Crippen LogP contribution in [0.1, 0.15) is 27.9 Å². The first kappa shape index (κ1) is 17.5. The summed E-state index contributed by atoms with van der Waals surface area (Å²) in [7, 11) is 0. The smallest absolute Gasteiger partial charge is 0.213 e. The van der Waals surface area contributed by atoms with Crippen LogP contribution in [0.3, 0.4) is 0 Å². The normalized spacial score (nSPS) is 14.0. The number of hydrogen-bond donors (Lipinski definition) is 2. The highest BCUT2D eigenvalue weighted by molar-refractivity contribution is 6.30. The molecule has 3 rings (SSSR count). The lowest BCUT2D eigenvalue weighted by molar-refractivity contribution is 0.244. The van der Waals surface area contributed by atoms with Crippen molar-refractivity contribution >= 4 is 17.4 Å². The molecule has 2 aromatic heterocycles. The number of hydrogen-bond acceptors (Lipinski definition) is 6. The summed E-state index contributed by atoms with van der Waals surface area (Å²) in [5.74, 6) is 0.160. The van der Waals surface area contributed by atoms with E-state index in [1.54, 1.807) is 13.0 Å². The summed E-state index contributed by atoms with van der Waals surface area (Å²) in [4.78, 5) is 10.3. The molecule has 0 saturated heterocycles.